The van der Waals surface area contributed by atoms with Crippen molar-refractivity contribution in [3.63, 3.8) is 0 Å². The van der Waals surface area contributed by atoms with Crippen LogP contribution in [-0.4, -0.2) is 36.9 Å². The Labute approximate surface area is 153 Å². The second kappa shape index (κ2) is 8.62. The number of carbonyl (C=O) groups is 2. The molecule has 0 bridgehead atoms. The zero-order chi connectivity index (χ0) is 18.4. The molecule has 2 amide bonds. The Morgan fingerprint density at radius 1 is 1.24 bits per heavy atom. The zero-order valence-electron chi connectivity index (χ0n) is 13.9. The van der Waals surface area contributed by atoms with Gasteiger partial charge in [0.25, 0.3) is 5.91 Å². The Morgan fingerprint density at radius 2 is 1.96 bits per heavy atom. The van der Waals surface area contributed by atoms with E-state index in [1.165, 1.54) is 30.1 Å². The smallest absolute Gasteiger partial charge is 0.260 e. The summed E-state index contributed by atoms with van der Waals surface area (Å²) < 4.78 is 19.5. The lowest BCUT2D eigenvalue weighted by Gasteiger charge is -2.18. The van der Waals surface area contributed by atoms with Crippen molar-refractivity contribution in [2.24, 2.45) is 0 Å². The van der Waals surface area contributed by atoms with Gasteiger partial charge in [0.2, 0.25) is 5.91 Å². The number of aryl methyl sites for hydroxylation is 1. The Bertz CT molecular complexity index is 783. The van der Waals surface area contributed by atoms with Crippen LogP contribution in [0.5, 0.6) is 5.75 Å². The summed E-state index contributed by atoms with van der Waals surface area (Å²) in [6, 6.07) is 11.3. The molecular formula is C18H18BrFN2O3. The molecule has 0 aliphatic heterocycles. The van der Waals surface area contributed by atoms with Crippen LogP contribution >= 0.6 is 15.9 Å². The lowest BCUT2D eigenvalue weighted by atomic mass is 10.2. The van der Waals surface area contributed by atoms with Crippen molar-refractivity contribution in [2.45, 2.75) is 6.92 Å². The molecule has 0 saturated heterocycles. The number of carbonyl (C=O) groups excluding carboxylic acids is 2. The number of hydrogen-bond acceptors (Lipinski definition) is 3. The number of amides is 2. The van der Waals surface area contributed by atoms with Gasteiger partial charge in [-0.15, -0.1) is 0 Å². The van der Waals surface area contributed by atoms with Gasteiger partial charge in [-0.1, -0.05) is 28.1 Å². The molecule has 0 atom stereocenters. The van der Waals surface area contributed by atoms with E-state index in [0.29, 0.717) is 5.69 Å². The Kier molecular flexibility index (Phi) is 6.52. The normalized spacial score (nSPS) is 10.2. The van der Waals surface area contributed by atoms with E-state index in [1.807, 2.05) is 19.1 Å². The third-order valence-electron chi connectivity index (χ3n) is 3.46. The van der Waals surface area contributed by atoms with E-state index in [9.17, 15) is 14.0 Å². The van der Waals surface area contributed by atoms with Crippen LogP contribution in [0.15, 0.2) is 46.9 Å². The highest BCUT2D eigenvalue weighted by Gasteiger charge is 2.15. The van der Waals surface area contributed by atoms with Crippen LogP contribution < -0.4 is 10.1 Å². The highest BCUT2D eigenvalue weighted by Crippen LogP contribution is 2.20. The van der Waals surface area contributed by atoms with Gasteiger partial charge in [0.1, 0.15) is 0 Å². The first-order valence-electron chi connectivity index (χ1n) is 7.54. The molecule has 0 aromatic heterocycles. The first-order valence-corrected chi connectivity index (χ1v) is 8.33. The molecule has 0 saturated carbocycles. The van der Waals surface area contributed by atoms with Gasteiger partial charge in [-0.3, -0.25) is 9.59 Å². The highest BCUT2D eigenvalue weighted by molar-refractivity contribution is 9.10. The lowest BCUT2D eigenvalue weighted by Crippen LogP contribution is -2.37. The number of anilines is 1. The maximum Gasteiger partial charge on any atom is 0.260 e. The standard InChI is InChI=1S/C18H18BrFN2O3/c1-12-9-13(19)7-8-15(12)21-17(23)10-22(2)18(24)11-25-16-6-4-3-5-14(16)20/h3-9H,10-11H2,1-2H3,(H,21,23). The maximum absolute atomic E-state index is 13.4. The first kappa shape index (κ1) is 18.9. The van der Waals surface area contributed by atoms with Gasteiger partial charge in [0.05, 0.1) is 6.54 Å². The molecule has 132 valence electrons. The summed E-state index contributed by atoms with van der Waals surface area (Å²) in [5.41, 5.74) is 1.58. The topological polar surface area (TPSA) is 58.6 Å². The third kappa shape index (κ3) is 5.56. The van der Waals surface area contributed by atoms with Crippen molar-refractivity contribution in [2.75, 3.05) is 25.5 Å². The number of benzene rings is 2. The molecule has 2 aromatic rings. The average molecular weight is 409 g/mol. The van der Waals surface area contributed by atoms with E-state index in [0.717, 1.165) is 10.0 Å². The van der Waals surface area contributed by atoms with Crippen molar-refractivity contribution in [3.05, 3.63) is 58.3 Å². The van der Waals surface area contributed by atoms with Crippen molar-refractivity contribution in [3.8, 4) is 5.75 Å². The predicted molar refractivity (Wildman–Crippen MR) is 97.0 cm³/mol. The molecule has 25 heavy (non-hydrogen) atoms. The SMILES string of the molecule is Cc1cc(Br)ccc1NC(=O)CN(C)C(=O)COc1ccccc1F. The number of ether oxygens (including phenoxy) is 1. The van der Waals surface area contributed by atoms with Crippen LogP contribution in [0.25, 0.3) is 0 Å². The molecule has 0 aliphatic carbocycles. The number of nitrogens with zero attached hydrogens (tertiary/aromatic N) is 1. The van der Waals surface area contributed by atoms with E-state index in [-0.39, 0.29) is 24.8 Å². The summed E-state index contributed by atoms with van der Waals surface area (Å²) >= 11 is 3.36. The van der Waals surface area contributed by atoms with Crippen molar-refractivity contribution in [1.82, 2.24) is 4.90 Å². The van der Waals surface area contributed by atoms with Crippen molar-refractivity contribution >= 4 is 33.4 Å². The molecule has 5 nitrogen and oxygen atoms in total. The van der Waals surface area contributed by atoms with E-state index in [2.05, 4.69) is 21.2 Å². The fourth-order valence-electron chi connectivity index (χ4n) is 2.07. The summed E-state index contributed by atoms with van der Waals surface area (Å²) in [7, 11) is 1.49. The number of nitrogens with one attached hydrogen (secondary N) is 1. The van der Waals surface area contributed by atoms with Gasteiger partial charge < -0.3 is 15.0 Å². The van der Waals surface area contributed by atoms with Gasteiger partial charge in [-0.05, 0) is 42.8 Å². The summed E-state index contributed by atoms with van der Waals surface area (Å²) in [6.07, 6.45) is 0. The van der Waals surface area contributed by atoms with Crippen LogP contribution in [0.2, 0.25) is 0 Å². The third-order valence-corrected chi connectivity index (χ3v) is 3.95. The molecule has 0 unspecified atom stereocenters. The Balaban J connectivity index is 1.85. The fourth-order valence-corrected chi connectivity index (χ4v) is 2.55. The summed E-state index contributed by atoms with van der Waals surface area (Å²) in [6.45, 7) is 1.40. The van der Waals surface area contributed by atoms with Gasteiger partial charge in [-0.25, -0.2) is 4.39 Å². The maximum atomic E-state index is 13.4. The molecule has 2 rings (SSSR count). The minimum absolute atomic E-state index is 0.000751. The number of hydrogen-bond donors (Lipinski definition) is 1. The number of likely N-dealkylation sites (N-methyl/N-ethyl adjacent to an activating group) is 1. The zero-order valence-corrected chi connectivity index (χ0v) is 15.5. The predicted octanol–water partition coefficient (Wildman–Crippen LogP) is 3.37. The second-order valence-electron chi connectivity index (χ2n) is 5.48. The second-order valence-corrected chi connectivity index (χ2v) is 6.39. The minimum atomic E-state index is -0.540. The molecule has 0 spiro atoms. The minimum Gasteiger partial charge on any atom is -0.481 e. The number of rotatable bonds is 6. The number of halogens is 2. The van der Waals surface area contributed by atoms with Crippen molar-refractivity contribution < 1.29 is 18.7 Å². The summed E-state index contributed by atoms with van der Waals surface area (Å²) in [4.78, 5) is 25.3. The van der Waals surface area contributed by atoms with E-state index in [4.69, 9.17) is 4.74 Å². The Hall–Kier alpha value is -2.41. The van der Waals surface area contributed by atoms with Crippen molar-refractivity contribution in [1.29, 1.82) is 0 Å². The average Bonchev–Trinajstić information content (AvgIpc) is 2.56. The monoisotopic (exact) mass is 408 g/mol. The molecule has 0 fully saturated rings. The summed E-state index contributed by atoms with van der Waals surface area (Å²) in [5, 5.41) is 2.75. The Morgan fingerprint density at radius 3 is 2.64 bits per heavy atom. The molecule has 7 heteroatoms. The first-order chi connectivity index (χ1) is 11.9. The molecule has 0 aliphatic rings. The molecule has 0 heterocycles. The van der Waals surface area contributed by atoms with Gasteiger partial charge in [-0.2, -0.15) is 0 Å². The summed E-state index contributed by atoms with van der Waals surface area (Å²) in [5.74, 6) is -1.29. The lowest BCUT2D eigenvalue weighted by molar-refractivity contribution is -0.135. The molecule has 0 radical (unpaired) electrons. The van der Waals surface area contributed by atoms with Gasteiger partial charge in [0, 0.05) is 17.2 Å². The fraction of sp³-hybridized carbons (Fsp3) is 0.222. The van der Waals surface area contributed by atoms with Crippen LogP contribution in [0, 0.1) is 12.7 Å². The quantitative estimate of drug-likeness (QED) is 0.796. The van der Waals surface area contributed by atoms with E-state index in [1.54, 1.807) is 12.1 Å². The molecule has 2 aromatic carbocycles. The number of para-hydroxylation sites is 1. The van der Waals surface area contributed by atoms with Gasteiger partial charge >= 0.3 is 0 Å². The molecular weight excluding hydrogens is 391 g/mol. The van der Waals surface area contributed by atoms with Crippen LogP contribution in [-0.2, 0) is 9.59 Å². The van der Waals surface area contributed by atoms with Crippen LogP contribution in [0.1, 0.15) is 5.56 Å². The highest BCUT2D eigenvalue weighted by atomic mass is 79.9. The molecule has 1 N–H and O–H groups in total. The van der Waals surface area contributed by atoms with Crippen LogP contribution in [0.3, 0.4) is 0 Å². The van der Waals surface area contributed by atoms with E-state index >= 15 is 0 Å². The van der Waals surface area contributed by atoms with Crippen LogP contribution in [0.4, 0.5) is 10.1 Å². The van der Waals surface area contributed by atoms with Gasteiger partial charge in [0.15, 0.2) is 18.2 Å². The van der Waals surface area contributed by atoms with E-state index < -0.39 is 11.7 Å². The largest absolute Gasteiger partial charge is 0.481 e.